The average molecular weight is 176 g/mol. The Kier molecular flexibility index (Phi) is 4.27. The normalized spacial score (nSPS) is 13.4. The van der Waals surface area contributed by atoms with Gasteiger partial charge in [0.15, 0.2) is 0 Å². The second kappa shape index (κ2) is 5.55. The second-order valence-electron chi connectivity index (χ2n) is 3.34. The summed E-state index contributed by atoms with van der Waals surface area (Å²) in [7, 11) is 0. The van der Waals surface area contributed by atoms with Crippen LogP contribution in [0.4, 0.5) is 0 Å². The molecule has 0 aliphatic heterocycles. The first kappa shape index (κ1) is 10.0. The maximum atomic E-state index is 8.80. The summed E-state index contributed by atoms with van der Waals surface area (Å²) in [6, 6.07) is 10.2. The Labute approximate surface area is 79.7 Å². The number of aliphatic hydroxyl groups is 1. The largest absolute Gasteiger partial charge is 0.396 e. The summed E-state index contributed by atoms with van der Waals surface area (Å²) in [5.74, 6) is 0.361. The number of benzene rings is 1. The Morgan fingerprint density at radius 3 is 2.62 bits per heavy atom. The maximum absolute atomic E-state index is 8.80. The third kappa shape index (κ3) is 3.90. The fraction of sp³-hybridized carbons (Fsp3) is 0.333. The Hall–Kier alpha value is -1.08. The van der Waals surface area contributed by atoms with E-state index in [0.29, 0.717) is 5.92 Å². The molecule has 0 unspecified atom stereocenters. The van der Waals surface area contributed by atoms with Gasteiger partial charge in [-0.1, -0.05) is 49.4 Å². The number of hydrogen-bond donors (Lipinski definition) is 1. The fourth-order valence-electron chi connectivity index (χ4n) is 1.08. The van der Waals surface area contributed by atoms with E-state index in [-0.39, 0.29) is 6.61 Å². The SMILES string of the molecule is C[C@H](CO)C/C=C/c1ccccc1. The van der Waals surface area contributed by atoms with E-state index >= 15 is 0 Å². The summed E-state index contributed by atoms with van der Waals surface area (Å²) in [6.45, 7) is 2.30. The summed E-state index contributed by atoms with van der Waals surface area (Å²) in [4.78, 5) is 0. The number of aliphatic hydroxyl groups excluding tert-OH is 1. The van der Waals surface area contributed by atoms with Crippen molar-refractivity contribution >= 4 is 6.08 Å². The lowest BCUT2D eigenvalue weighted by atomic mass is 10.1. The average Bonchev–Trinajstić information content (AvgIpc) is 2.19. The van der Waals surface area contributed by atoms with Crippen LogP contribution in [0.3, 0.4) is 0 Å². The van der Waals surface area contributed by atoms with Crippen LogP contribution in [0.5, 0.6) is 0 Å². The predicted molar refractivity (Wildman–Crippen MR) is 56.3 cm³/mol. The summed E-state index contributed by atoms with van der Waals surface area (Å²) < 4.78 is 0. The molecule has 1 N–H and O–H groups in total. The third-order valence-corrected chi connectivity index (χ3v) is 1.96. The zero-order chi connectivity index (χ0) is 9.52. The molecule has 0 amide bonds. The maximum Gasteiger partial charge on any atom is 0.0459 e. The first-order valence-corrected chi connectivity index (χ1v) is 4.65. The van der Waals surface area contributed by atoms with E-state index in [1.54, 1.807) is 0 Å². The molecule has 0 heterocycles. The van der Waals surface area contributed by atoms with E-state index < -0.39 is 0 Å². The highest BCUT2D eigenvalue weighted by Gasteiger charge is 1.94. The van der Waals surface area contributed by atoms with Gasteiger partial charge in [-0.05, 0) is 17.9 Å². The van der Waals surface area contributed by atoms with Gasteiger partial charge in [-0.3, -0.25) is 0 Å². The van der Waals surface area contributed by atoms with Crippen LogP contribution >= 0.6 is 0 Å². The van der Waals surface area contributed by atoms with Crippen molar-refractivity contribution in [1.82, 2.24) is 0 Å². The van der Waals surface area contributed by atoms with Gasteiger partial charge in [0, 0.05) is 6.61 Å². The minimum Gasteiger partial charge on any atom is -0.396 e. The number of hydrogen-bond acceptors (Lipinski definition) is 1. The van der Waals surface area contributed by atoms with Crippen LogP contribution in [0.2, 0.25) is 0 Å². The van der Waals surface area contributed by atoms with E-state index in [4.69, 9.17) is 5.11 Å². The highest BCUT2D eigenvalue weighted by atomic mass is 16.3. The minimum absolute atomic E-state index is 0.263. The van der Waals surface area contributed by atoms with Crippen molar-refractivity contribution in [2.75, 3.05) is 6.61 Å². The topological polar surface area (TPSA) is 20.2 Å². The van der Waals surface area contributed by atoms with Gasteiger partial charge in [0.05, 0.1) is 0 Å². The highest BCUT2D eigenvalue weighted by Crippen LogP contribution is 2.05. The quantitative estimate of drug-likeness (QED) is 0.747. The summed E-state index contributed by atoms with van der Waals surface area (Å²) in [5, 5.41) is 8.80. The molecule has 0 spiro atoms. The lowest BCUT2D eigenvalue weighted by molar-refractivity contribution is 0.239. The Morgan fingerprint density at radius 2 is 2.00 bits per heavy atom. The Morgan fingerprint density at radius 1 is 1.31 bits per heavy atom. The third-order valence-electron chi connectivity index (χ3n) is 1.96. The molecule has 0 saturated heterocycles. The molecule has 70 valence electrons. The lowest BCUT2D eigenvalue weighted by Crippen LogP contribution is -1.97. The summed E-state index contributed by atoms with van der Waals surface area (Å²) >= 11 is 0. The van der Waals surface area contributed by atoms with Crippen molar-refractivity contribution in [2.24, 2.45) is 5.92 Å². The van der Waals surface area contributed by atoms with Gasteiger partial charge in [-0.25, -0.2) is 0 Å². The second-order valence-corrected chi connectivity index (χ2v) is 3.34. The zero-order valence-electron chi connectivity index (χ0n) is 7.98. The number of allylic oxidation sites excluding steroid dienone is 1. The van der Waals surface area contributed by atoms with Crippen LogP contribution in [0, 0.1) is 5.92 Å². The number of rotatable bonds is 4. The Bertz CT molecular complexity index is 251. The molecule has 1 aromatic carbocycles. The van der Waals surface area contributed by atoms with Crippen LogP contribution in [-0.4, -0.2) is 11.7 Å². The molecular formula is C12H16O. The van der Waals surface area contributed by atoms with Gasteiger partial charge in [-0.2, -0.15) is 0 Å². The van der Waals surface area contributed by atoms with Gasteiger partial charge < -0.3 is 5.11 Å². The minimum atomic E-state index is 0.263. The van der Waals surface area contributed by atoms with Gasteiger partial charge >= 0.3 is 0 Å². The molecule has 1 heteroatoms. The van der Waals surface area contributed by atoms with Crippen molar-refractivity contribution in [1.29, 1.82) is 0 Å². The van der Waals surface area contributed by atoms with Crippen molar-refractivity contribution in [2.45, 2.75) is 13.3 Å². The van der Waals surface area contributed by atoms with Crippen LogP contribution < -0.4 is 0 Å². The molecule has 0 saturated carbocycles. The lowest BCUT2D eigenvalue weighted by Gasteiger charge is -2.01. The molecule has 13 heavy (non-hydrogen) atoms. The highest BCUT2D eigenvalue weighted by molar-refractivity contribution is 5.48. The molecule has 1 nitrogen and oxygen atoms in total. The smallest absolute Gasteiger partial charge is 0.0459 e. The van der Waals surface area contributed by atoms with Crippen molar-refractivity contribution in [3.05, 3.63) is 42.0 Å². The van der Waals surface area contributed by atoms with Gasteiger partial charge in [0.25, 0.3) is 0 Å². The fourth-order valence-corrected chi connectivity index (χ4v) is 1.08. The molecule has 1 atom stereocenters. The van der Waals surface area contributed by atoms with Crippen molar-refractivity contribution < 1.29 is 5.11 Å². The van der Waals surface area contributed by atoms with Crippen LogP contribution in [-0.2, 0) is 0 Å². The molecule has 0 aliphatic carbocycles. The molecule has 0 radical (unpaired) electrons. The first-order chi connectivity index (χ1) is 6.33. The summed E-state index contributed by atoms with van der Waals surface area (Å²) in [6.07, 6.45) is 5.13. The van der Waals surface area contributed by atoms with E-state index in [0.717, 1.165) is 6.42 Å². The van der Waals surface area contributed by atoms with Crippen molar-refractivity contribution in [3.63, 3.8) is 0 Å². The molecule has 0 fully saturated rings. The predicted octanol–water partition coefficient (Wildman–Crippen LogP) is 2.72. The van der Waals surface area contributed by atoms with Crippen molar-refractivity contribution in [3.8, 4) is 0 Å². The first-order valence-electron chi connectivity index (χ1n) is 4.65. The molecule has 0 aromatic heterocycles. The molecule has 0 aliphatic rings. The van der Waals surface area contributed by atoms with Gasteiger partial charge in [0.1, 0.15) is 0 Å². The zero-order valence-corrected chi connectivity index (χ0v) is 7.98. The van der Waals surface area contributed by atoms with Gasteiger partial charge in [0.2, 0.25) is 0 Å². The Balaban J connectivity index is 2.41. The molecular weight excluding hydrogens is 160 g/mol. The van der Waals surface area contributed by atoms with E-state index in [1.165, 1.54) is 5.56 Å². The van der Waals surface area contributed by atoms with Crippen LogP contribution in [0.25, 0.3) is 6.08 Å². The standard InChI is InChI=1S/C12H16O/c1-11(10-13)6-5-9-12-7-3-2-4-8-12/h2-5,7-9,11,13H,6,10H2,1H3/b9-5+/t11-/m0/s1. The van der Waals surface area contributed by atoms with E-state index in [1.807, 2.05) is 25.1 Å². The summed E-state index contributed by atoms with van der Waals surface area (Å²) in [5.41, 5.74) is 1.22. The molecule has 1 aromatic rings. The monoisotopic (exact) mass is 176 g/mol. The van der Waals surface area contributed by atoms with Gasteiger partial charge in [-0.15, -0.1) is 0 Å². The van der Waals surface area contributed by atoms with Crippen LogP contribution in [0.15, 0.2) is 36.4 Å². The molecule has 1 rings (SSSR count). The van der Waals surface area contributed by atoms with Crippen LogP contribution in [0.1, 0.15) is 18.9 Å². The van der Waals surface area contributed by atoms with E-state index in [9.17, 15) is 0 Å². The molecule has 0 bridgehead atoms. The van der Waals surface area contributed by atoms with E-state index in [2.05, 4.69) is 24.3 Å².